The highest BCUT2D eigenvalue weighted by Gasteiger charge is 2.39. The van der Waals surface area contributed by atoms with Crippen LogP contribution >= 0.6 is 0 Å². The van der Waals surface area contributed by atoms with Crippen molar-refractivity contribution in [1.82, 2.24) is 4.57 Å². The molecule has 2 rings (SSSR count). The minimum absolute atomic E-state index is 0.138. The van der Waals surface area contributed by atoms with Crippen LogP contribution in [0.25, 0.3) is 0 Å². The molecule has 1 aromatic heterocycles. The Kier molecular flexibility index (Phi) is 3.55. The van der Waals surface area contributed by atoms with Gasteiger partial charge in [-0.25, -0.2) is 0 Å². The number of halogens is 3. The molecule has 1 saturated carbocycles. The summed E-state index contributed by atoms with van der Waals surface area (Å²) in [6.07, 6.45) is -3.49. The summed E-state index contributed by atoms with van der Waals surface area (Å²) in [6, 6.07) is -0.237. The molecule has 1 heterocycles. The van der Waals surface area contributed by atoms with Gasteiger partial charge in [-0.15, -0.1) is 0 Å². The van der Waals surface area contributed by atoms with Gasteiger partial charge in [0.15, 0.2) is 0 Å². The first-order chi connectivity index (χ1) is 9.24. The Morgan fingerprint density at radius 1 is 1.45 bits per heavy atom. The Bertz CT molecular complexity index is 590. The minimum Gasteiger partial charge on any atom is -0.381 e. The third-order valence-corrected chi connectivity index (χ3v) is 3.34. The van der Waals surface area contributed by atoms with E-state index in [0.29, 0.717) is 12.8 Å². The number of nitro groups is 1. The van der Waals surface area contributed by atoms with E-state index in [1.165, 1.54) is 7.11 Å². The molecule has 0 aliphatic heterocycles. The van der Waals surface area contributed by atoms with Crippen molar-refractivity contribution in [2.75, 3.05) is 7.11 Å². The molecule has 0 aromatic carbocycles. The van der Waals surface area contributed by atoms with Crippen LogP contribution < -0.4 is 5.56 Å². The molecular formula is C11H11F3N2O4. The zero-order chi connectivity index (χ0) is 15.1. The van der Waals surface area contributed by atoms with Gasteiger partial charge in [0.2, 0.25) is 0 Å². The molecule has 1 aliphatic carbocycles. The number of rotatable bonds is 3. The van der Waals surface area contributed by atoms with E-state index in [2.05, 4.69) is 0 Å². The standard InChI is InChI=1S/C11H11F3N2O4/c1-20-8-2-6(3-8)15-5-7(16(18)19)4-9(10(15)17)11(12,13)14/h4-6,8H,2-3H2,1H3/t6-,8+. The molecule has 0 atom stereocenters. The number of methoxy groups -OCH3 is 1. The summed E-state index contributed by atoms with van der Waals surface area (Å²) >= 11 is 0. The van der Waals surface area contributed by atoms with Gasteiger partial charge in [-0.1, -0.05) is 0 Å². The van der Waals surface area contributed by atoms with Gasteiger partial charge in [0.05, 0.1) is 17.2 Å². The van der Waals surface area contributed by atoms with Crippen molar-refractivity contribution in [2.24, 2.45) is 0 Å². The molecule has 0 bridgehead atoms. The van der Waals surface area contributed by atoms with Gasteiger partial charge in [0.1, 0.15) is 5.56 Å². The number of nitrogens with zero attached hydrogens (tertiary/aromatic N) is 2. The molecule has 1 aliphatic rings. The third kappa shape index (κ3) is 2.53. The first-order valence-electron chi connectivity index (χ1n) is 5.74. The molecule has 0 radical (unpaired) electrons. The molecule has 0 N–H and O–H groups in total. The van der Waals surface area contributed by atoms with E-state index in [1.807, 2.05) is 0 Å². The van der Waals surface area contributed by atoms with E-state index in [0.717, 1.165) is 10.8 Å². The van der Waals surface area contributed by atoms with Crippen molar-refractivity contribution < 1.29 is 22.8 Å². The van der Waals surface area contributed by atoms with Gasteiger partial charge in [0, 0.05) is 19.2 Å². The third-order valence-electron chi connectivity index (χ3n) is 3.34. The van der Waals surface area contributed by atoms with Crippen LogP contribution in [0.3, 0.4) is 0 Å². The second-order valence-electron chi connectivity index (χ2n) is 4.56. The fourth-order valence-electron chi connectivity index (χ4n) is 2.12. The lowest BCUT2D eigenvalue weighted by Crippen LogP contribution is -2.39. The molecule has 9 heteroatoms. The smallest absolute Gasteiger partial charge is 0.381 e. The van der Waals surface area contributed by atoms with Crippen LogP contribution in [0.2, 0.25) is 0 Å². The van der Waals surface area contributed by atoms with Crippen LogP contribution in [0, 0.1) is 10.1 Å². The van der Waals surface area contributed by atoms with Crippen molar-refractivity contribution in [3.63, 3.8) is 0 Å². The number of alkyl halides is 3. The number of aromatic nitrogens is 1. The fourth-order valence-corrected chi connectivity index (χ4v) is 2.12. The summed E-state index contributed by atoms with van der Waals surface area (Å²) in [5, 5.41) is 10.7. The largest absolute Gasteiger partial charge is 0.421 e. The van der Waals surface area contributed by atoms with Gasteiger partial charge >= 0.3 is 6.18 Å². The Hall–Kier alpha value is -1.90. The Morgan fingerprint density at radius 2 is 2.05 bits per heavy atom. The predicted molar refractivity (Wildman–Crippen MR) is 61.4 cm³/mol. The highest BCUT2D eigenvalue weighted by atomic mass is 19.4. The van der Waals surface area contributed by atoms with Crippen molar-refractivity contribution in [1.29, 1.82) is 0 Å². The van der Waals surface area contributed by atoms with E-state index in [9.17, 15) is 28.1 Å². The summed E-state index contributed by atoms with van der Waals surface area (Å²) in [5.74, 6) is 0. The highest BCUT2D eigenvalue weighted by Crippen LogP contribution is 2.35. The molecule has 1 fully saturated rings. The Balaban J connectivity index is 2.49. The van der Waals surface area contributed by atoms with Crippen LogP contribution in [0.5, 0.6) is 0 Å². The van der Waals surface area contributed by atoms with E-state index < -0.39 is 34.0 Å². The van der Waals surface area contributed by atoms with E-state index in [-0.39, 0.29) is 12.2 Å². The van der Waals surface area contributed by atoms with E-state index in [4.69, 9.17) is 4.74 Å². The van der Waals surface area contributed by atoms with Gasteiger partial charge in [0.25, 0.3) is 11.2 Å². The lowest BCUT2D eigenvalue weighted by molar-refractivity contribution is -0.385. The zero-order valence-electron chi connectivity index (χ0n) is 10.4. The summed E-state index contributed by atoms with van der Waals surface area (Å²) in [7, 11) is 1.46. The van der Waals surface area contributed by atoms with Gasteiger partial charge in [-0.05, 0) is 12.8 Å². The van der Waals surface area contributed by atoms with Crippen LogP contribution in [0.4, 0.5) is 18.9 Å². The van der Waals surface area contributed by atoms with Crippen molar-refractivity contribution in [3.05, 3.63) is 38.3 Å². The number of hydrogen-bond donors (Lipinski definition) is 0. The van der Waals surface area contributed by atoms with Crippen molar-refractivity contribution in [2.45, 2.75) is 31.2 Å². The van der Waals surface area contributed by atoms with Gasteiger partial charge < -0.3 is 9.30 Å². The fraction of sp³-hybridized carbons (Fsp3) is 0.545. The average molecular weight is 292 g/mol. The number of pyridine rings is 1. The Morgan fingerprint density at radius 3 is 2.50 bits per heavy atom. The van der Waals surface area contributed by atoms with Crippen LogP contribution in [0.1, 0.15) is 24.4 Å². The van der Waals surface area contributed by atoms with Gasteiger partial charge in [-0.3, -0.25) is 14.9 Å². The lowest BCUT2D eigenvalue weighted by atomic mass is 9.89. The minimum atomic E-state index is -4.92. The summed E-state index contributed by atoms with van der Waals surface area (Å²) < 4.78 is 44.0. The van der Waals surface area contributed by atoms with Crippen LogP contribution in [-0.4, -0.2) is 22.7 Å². The Labute approximate surface area is 110 Å². The molecule has 0 saturated heterocycles. The molecule has 0 amide bonds. The second-order valence-corrected chi connectivity index (χ2v) is 4.56. The van der Waals surface area contributed by atoms with Crippen molar-refractivity contribution in [3.8, 4) is 0 Å². The summed E-state index contributed by atoms with van der Waals surface area (Å²) in [4.78, 5) is 21.5. The first kappa shape index (κ1) is 14.5. The number of ether oxygens (including phenoxy) is 1. The molecule has 1 aromatic rings. The second kappa shape index (κ2) is 4.89. The molecule has 0 spiro atoms. The quantitative estimate of drug-likeness (QED) is 0.631. The maximum absolute atomic E-state index is 12.7. The predicted octanol–water partition coefficient (Wildman–Crippen LogP) is 2.13. The molecule has 20 heavy (non-hydrogen) atoms. The summed E-state index contributed by atoms with van der Waals surface area (Å²) in [5.41, 5.74) is -3.53. The van der Waals surface area contributed by atoms with E-state index in [1.54, 1.807) is 0 Å². The van der Waals surface area contributed by atoms with Crippen LogP contribution in [0.15, 0.2) is 17.1 Å². The zero-order valence-corrected chi connectivity index (χ0v) is 10.4. The SMILES string of the molecule is CO[C@H]1C[C@@H](n2cc([N+](=O)[O-])cc(C(F)(F)F)c2=O)C1. The topological polar surface area (TPSA) is 74.4 Å². The monoisotopic (exact) mass is 292 g/mol. The average Bonchev–Trinajstić information content (AvgIpc) is 2.27. The van der Waals surface area contributed by atoms with E-state index >= 15 is 0 Å². The maximum Gasteiger partial charge on any atom is 0.421 e. The first-order valence-corrected chi connectivity index (χ1v) is 5.74. The molecular weight excluding hydrogens is 281 g/mol. The number of hydrogen-bond acceptors (Lipinski definition) is 4. The highest BCUT2D eigenvalue weighted by molar-refractivity contribution is 5.33. The summed E-state index contributed by atoms with van der Waals surface area (Å²) in [6.45, 7) is 0. The molecule has 110 valence electrons. The van der Waals surface area contributed by atoms with Crippen molar-refractivity contribution >= 4 is 5.69 Å². The maximum atomic E-state index is 12.7. The normalized spacial score (nSPS) is 22.4. The van der Waals surface area contributed by atoms with Gasteiger partial charge in [-0.2, -0.15) is 13.2 Å². The van der Waals surface area contributed by atoms with Crippen LogP contribution in [-0.2, 0) is 10.9 Å². The molecule has 6 nitrogen and oxygen atoms in total. The molecule has 0 unspecified atom stereocenters. The lowest BCUT2D eigenvalue weighted by Gasteiger charge is -2.35.